The summed E-state index contributed by atoms with van der Waals surface area (Å²) in [7, 11) is 4.01. The highest BCUT2D eigenvalue weighted by Crippen LogP contribution is 2.33. The number of hydrogen-bond acceptors (Lipinski definition) is 1. The first-order valence-corrected chi connectivity index (χ1v) is 5.51. The van der Waals surface area contributed by atoms with Crippen LogP contribution in [0.1, 0.15) is 0 Å². The van der Waals surface area contributed by atoms with Crippen LogP contribution in [0.2, 0.25) is 5.02 Å². The topological polar surface area (TPSA) is 3.24 Å². The lowest BCUT2D eigenvalue weighted by Gasteiger charge is -2.17. The van der Waals surface area contributed by atoms with E-state index in [1.807, 2.05) is 55.4 Å². The second-order valence-corrected chi connectivity index (χ2v) is 4.21. The maximum absolute atomic E-state index is 6.20. The number of rotatable bonds is 2. The lowest BCUT2D eigenvalue weighted by molar-refractivity contribution is 1.13. The first kappa shape index (κ1) is 11.0. The molecule has 0 N–H and O–H groups in total. The fraction of sp³-hybridized carbons (Fsp3) is 0.143. The Morgan fingerprint density at radius 1 is 1.00 bits per heavy atom. The van der Waals surface area contributed by atoms with Crippen LogP contribution in [0.15, 0.2) is 42.5 Å². The molecule has 0 aliphatic rings. The molecule has 2 rings (SSSR count). The molecule has 2 heteroatoms. The van der Waals surface area contributed by atoms with E-state index in [-0.39, 0.29) is 0 Å². The van der Waals surface area contributed by atoms with Crippen LogP contribution >= 0.6 is 11.6 Å². The summed E-state index contributed by atoms with van der Waals surface area (Å²) in [6.07, 6.45) is 0. The van der Waals surface area contributed by atoms with Gasteiger partial charge < -0.3 is 4.90 Å². The van der Waals surface area contributed by atoms with Crippen LogP contribution in [-0.4, -0.2) is 14.1 Å². The molecule has 0 fully saturated rings. The third kappa shape index (κ3) is 2.05. The summed E-state index contributed by atoms with van der Waals surface area (Å²) in [6.45, 7) is 0. The maximum Gasteiger partial charge on any atom is 0.0521 e. The van der Waals surface area contributed by atoms with Crippen molar-refractivity contribution in [3.8, 4) is 11.1 Å². The van der Waals surface area contributed by atoms with E-state index in [0.717, 1.165) is 21.8 Å². The van der Waals surface area contributed by atoms with E-state index in [9.17, 15) is 0 Å². The summed E-state index contributed by atoms with van der Waals surface area (Å²) in [5.41, 5.74) is 3.21. The van der Waals surface area contributed by atoms with Gasteiger partial charge in [-0.25, -0.2) is 0 Å². The highest BCUT2D eigenvalue weighted by molar-refractivity contribution is 6.33. The average Bonchev–Trinajstić information content (AvgIpc) is 2.29. The van der Waals surface area contributed by atoms with Crippen molar-refractivity contribution in [2.75, 3.05) is 19.0 Å². The number of benzene rings is 2. The summed E-state index contributed by atoms with van der Waals surface area (Å²) >= 11 is 6.20. The van der Waals surface area contributed by atoms with Gasteiger partial charge in [-0.05, 0) is 6.07 Å². The van der Waals surface area contributed by atoms with Gasteiger partial charge in [0.2, 0.25) is 0 Å². The van der Waals surface area contributed by atoms with Gasteiger partial charge in [-0.2, -0.15) is 0 Å². The van der Waals surface area contributed by atoms with Gasteiger partial charge >= 0.3 is 0 Å². The third-order valence-corrected chi connectivity index (χ3v) is 2.78. The SMILES string of the molecule is CN(C)c1[c]cccc1-c1ccccc1Cl. The summed E-state index contributed by atoms with van der Waals surface area (Å²) < 4.78 is 0. The summed E-state index contributed by atoms with van der Waals surface area (Å²) in [4.78, 5) is 2.04. The minimum absolute atomic E-state index is 0.769. The predicted octanol–water partition coefficient (Wildman–Crippen LogP) is 3.87. The van der Waals surface area contributed by atoms with Crippen LogP contribution in [0, 0.1) is 6.07 Å². The normalized spacial score (nSPS) is 10.2. The number of para-hydroxylation sites is 1. The molecule has 0 spiro atoms. The van der Waals surface area contributed by atoms with Gasteiger partial charge in [-0.15, -0.1) is 0 Å². The first-order chi connectivity index (χ1) is 7.70. The van der Waals surface area contributed by atoms with Crippen molar-refractivity contribution in [1.29, 1.82) is 0 Å². The molecule has 0 aromatic heterocycles. The van der Waals surface area contributed by atoms with Crippen LogP contribution in [0.25, 0.3) is 11.1 Å². The Morgan fingerprint density at radius 2 is 1.69 bits per heavy atom. The van der Waals surface area contributed by atoms with Gasteiger partial charge in [0.05, 0.1) is 5.69 Å². The molecule has 1 nitrogen and oxygen atoms in total. The lowest BCUT2D eigenvalue weighted by atomic mass is 10.0. The van der Waals surface area contributed by atoms with Crippen LogP contribution in [0.3, 0.4) is 0 Å². The molecule has 1 radical (unpaired) electrons. The van der Waals surface area contributed by atoms with Crippen LogP contribution in [0.5, 0.6) is 0 Å². The molecule has 0 bridgehead atoms. The molecule has 0 saturated heterocycles. The van der Waals surface area contributed by atoms with Gasteiger partial charge in [0.25, 0.3) is 0 Å². The van der Waals surface area contributed by atoms with Crippen molar-refractivity contribution in [1.82, 2.24) is 0 Å². The zero-order chi connectivity index (χ0) is 11.5. The van der Waals surface area contributed by atoms with Crippen molar-refractivity contribution in [2.45, 2.75) is 0 Å². The number of halogens is 1. The minimum atomic E-state index is 0.769. The Bertz CT molecular complexity index is 492. The molecular weight excluding hydrogens is 218 g/mol. The Kier molecular flexibility index (Phi) is 3.16. The molecular formula is C14H13ClN. The molecule has 0 saturated carbocycles. The second kappa shape index (κ2) is 4.58. The van der Waals surface area contributed by atoms with Crippen molar-refractivity contribution >= 4 is 17.3 Å². The monoisotopic (exact) mass is 230 g/mol. The summed E-state index contributed by atoms with van der Waals surface area (Å²) in [6, 6.07) is 17.0. The summed E-state index contributed by atoms with van der Waals surface area (Å²) in [5, 5.41) is 0.769. The first-order valence-electron chi connectivity index (χ1n) is 5.13. The van der Waals surface area contributed by atoms with E-state index in [4.69, 9.17) is 11.6 Å². The molecule has 0 aliphatic heterocycles. The smallest absolute Gasteiger partial charge is 0.0521 e. The van der Waals surface area contributed by atoms with Gasteiger partial charge in [0.1, 0.15) is 0 Å². The van der Waals surface area contributed by atoms with Crippen molar-refractivity contribution in [3.05, 3.63) is 53.6 Å². The molecule has 2 aromatic carbocycles. The fourth-order valence-electron chi connectivity index (χ4n) is 1.70. The minimum Gasteiger partial charge on any atom is -0.377 e. The van der Waals surface area contributed by atoms with Gasteiger partial charge in [0, 0.05) is 36.3 Å². The zero-order valence-electron chi connectivity index (χ0n) is 9.37. The highest BCUT2D eigenvalue weighted by atomic mass is 35.5. The second-order valence-electron chi connectivity index (χ2n) is 3.81. The van der Waals surface area contributed by atoms with E-state index < -0.39 is 0 Å². The summed E-state index contributed by atoms with van der Waals surface area (Å²) in [5.74, 6) is 0. The van der Waals surface area contributed by atoms with E-state index in [1.54, 1.807) is 0 Å². The van der Waals surface area contributed by atoms with Crippen LogP contribution < -0.4 is 4.90 Å². The van der Waals surface area contributed by atoms with Crippen LogP contribution in [-0.2, 0) is 0 Å². The van der Waals surface area contributed by atoms with E-state index in [1.165, 1.54) is 0 Å². The van der Waals surface area contributed by atoms with E-state index >= 15 is 0 Å². The number of hydrogen-bond donors (Lipinski definition) is 0. The molecule has 2 aromatic rings. The Hall–Kier alpha value is -1.47. The largest absolute Gasteiger partial charge is 0.377 e. The third-order valence-electron chi connectivity index (χ3n) is 2.45. The standard InChI is InChI=1S/C14H13ClN/c1-16(2)14-10-6-4-8-12(14)11-7-3-5-9-13(11)15/h3-9H,1-2H3. The highest BCUT2D eigenvalue weighted by Gasteiger charge is 2.08. The fourth-order valence-corrected chi connectivity index (χ4v) is 1.93. The molecule has 0 aliphatic carbocycles. The predicted molar refractivity (Wildman–Crippen MR) is 70.1 cm³/mol. The molecule has 0 amide bonds. The van der Waals surface area contributed by atoms with E-state index in [2.05, 4.69) is 12.1 Å². The number of nitrogens with zero attached hydrogens (tertiary/aromatic N) is 1. The van der Waals surface area contributed by atoms with Crippen molar-refractivity contribution < 1.29 is 0 Å². The number of anilines is 1. The lowest BCUT2D eigenvalue weighted by Crippen LogP contribution is -2.09. The molecule has 0 atom stereocenters. The Morgan fingerprint density at radius 3 is 2.38 bits per heavy atom. The van der Waals surface area contributed by atoms with Gasteiger partial charge in [-0.3, -0.25) is 0 Å². The maximum atomic E-state index is 6.20. The average molecular weight is 231 g/mol. The molecule has 81 valence electrons. The van der Waals surface area contributed by atoms with E-state index in [0.29, 0.717) is 0 Å². The zero-order valence-corrected chi connectivity index (χ0v) is 10.1. The molecule has 16 heavy (non-hydrogen) atoms. The van der Waals surface area contributed by atoms with Gasteiger partial charge in [-0.1, -0.05) is 48.0 Å². The molecule has 0 unspecified atom stereocenters. The van der Waals surface area contributed by atoms with Gasteiger partial charge in [0.15, 0.2) is 0 Å². The Balaban J connectivity index is 2.60. The van der Waals surface area contributed by atoms with Crippen LogP contribution in [0.4, 0.5) is 5.69 Å². The molecule has 0 heterocycles. The van der Waals surface area contributed by atoms with Crippen molar-refractivity contribution in [3.63, 3.8) is 0 Å². The Labute approximate surface area is 101 Å². The quantitative estimate of drug-likeness (QED) is 0.757. The van der Waals surface area contributed by atoms with Crippen molar-refractivity contribution in [2.24, 2.45) is 0 Å².